The van der Waals surface area contributed by atoms with Gasteiger partial charge in [-0.1, -0.05) is 0 Å². The van der Waals surface area contributed by atoms with Gasteiger partial charge in [-0.05, 0) is 44.9 Å². The number of carbonyl (C=O) groups excluding carboxylic acids is 1. The number of rotatable bonds is 4. The van der Waals surface area contributed by atoms with E-state index >= 15 is 0 Å². The summed E-state index contributed by atoms with van der Waals surface area (Å²) >= 11 is 1.56. The molecule has 1 amide bonds. The summed E-state index contributed by atoms with van der Waals surface area (Å²) in [5, 5.41) is 9.61. The lowest BCUT2D eigenvalue weighted by Gasteiger charge is -2.30. The minimum Gasteiger partial charge on any atom is -0.459 e. The Labute approximate surface area is 160 Å². The highest BCUT2D eigenvalue weighted by molar-refractivity contribution is 8.01. The molecule has 8 heteroatoms. The zero-order chi connectivity index (χ0) is 18.6. The molecule has 0 radical (unpaired) electrons. The van der Waals surface area contributed by atoms with E-state index in [4.69, 9.17) is 4.42 Å². The lowest BCUT2D eigenvalue weighted by Crippen LogP contribution is -2.37. The summed E-state index contributed by atoms with van der Waals surface area (Å²) in [6.45, 7) is 3.84. The number of nitrogens with zero attached hydrogens (tertiary/aromatic N) is 2. The van der Waals surface area contributed by atoms with Crippen LogP contribution in [-0.4, -0.2) is 26.7 Å². The van der Waals surface area contributed by atoms with Crippen LogP contribution in [0.25, 0.3) is 11.1 Å². The monoisotopic (exact) mass is 381 g/mol. The fraction of sp³-hybridized carbons (Fsp3) is 0.316. The maximum atomic E-state index is 12.2. The fourth-order valence-corrected chi connectivity index (χ4v) is 4.01. The number of amides is 1. The van der Waals surface area contributed by atoms with Crippen molar-refractivity contribution in [3.8, 4) is 0 Å². The maximum Gasteiger partial charge on any atom is 0.240 e. The number of carbonyl (C=O) groups is 1. The number of hydrogen-bond donors (Lipinski definition) is 3. The topological polar surface area (TPSA) is 92.1 Å². The molecule has 138 valence electrons. The zero-order valence-corrected chi connectivity index (χ0v) is 15.8. The zero-order valence-electron chi connectivity index (χ0n) is 15.0. The predicted octanol–water partition coefficient (Wildman–Crippen LogP) is 4.36. The van der Waals surface area contributed by atoms with Crippen molar-refractivity contribution >= 4 is 51.9 Å². The minimum atomic E-state index is -0.471. The van der Waals surface area contributed by atoms with Crippen LogP contribution in [0.2, 0.25) is 0 Å². The molecule has 3 aromatic rings. The van der Waals surface area contributed by atoms with E-state index in [1.54, 1.807) is 18.0 Å². The van der Waals surface area contributed by atoms with Crippen molar-refractivity contribution in [2.24, 2.45) is 0 Å². The average molecular weight is 381 g/mol. The SMILES string of the molecule is CC1(C)Sc2ccc(Nc3nc(NC4CC4)c4occc4n3)cc2NC1=O. The van der Waals surface area contributed by atoms with E-state index < -0.39 is 4.75 Å². The minimum absolute atomic E-state index is 0.00383. The Kier molecular flexibility index (Phi) is 3.58. The first-order valence-corrected chi connectivity index (χ1v) is 9.73. The summed E-state index contributed by atoms with van der Waals surface area (Å²) in [7, 11) is 0. The van der Waals surface area contributed by atoms with Gasteiger partial charge in [0, 0.05) is 22.7 Å². The molecule has 0 spiro atoms. The van der Waals surface area contributed by atoms with Gasteiger partial charge in [0.1, 0.15) is 5.52 Å². The van der Waals surface area contributed by atoms with Crippen LogP contribution in [0, 0.1) is 0 Å². The van der Waals surface area contributed by atoms with Crippen molar-refractivity contribution in [2.75, 3.05) is 16.0 Å². The smallest absolute Gasteiger partial charge is 0.240 e. The van der Waals surface area contributed by atoms with Crippen molar-refractivity contribution in [1.29, 1.82) is 0 Å². The first-order valence-electron chi connectivity index (χ1n) is 8.91. The van der Waals surface area contributed by atoms with Crippen LogP contribution in [0.4, 0.5) is 23.1 Å². The van der Waals surface area contributed by atoms with Gasteiger partial charge in [-0.2, -0.15) is 4.98 Å². The molecule has 1 fully saturated rings. The third-order valence-corrected chi connectivity index (χ3v) is 5.89. The Morgan fingerprint density at radius 2 is 2.11 bits per heavy atom. The highest BCUT2D eigenvalue weighted by atomic mass is 32.2. The second kappa shape index (κ2) is 5.88. The summed E-state index contributed by atoms with van der Waals surface area (Å²) in [5.41, 5.74) is 3.03. The van der Waals surface area contributed by atoms with Crippen LogP contribution < -0.4 is 16.0 Å². The van der Waals surface area contributed by atoms with Crippen LogP contribution in [0.3, 0.4) is 0 Å². The largest absolute Gasteiger partial charge is 0.459 e. The van der Waals surface area contributed by atoms with Crippen LogP contribution in [0.15, 0.2) is 39.8 Å². The van der Waals surface area contributed by atoms with E-state index in [0.717, 1.165) is 34.6 Å². The molecule has 3 heterocycles. The average Bonchev–Trinajstić information content (AvgIpc) is 3.30. The standard InChI is InChI=1S/C19H19N5O2S/c1-19(2)17(25)22-13-9-11(5-6-14(13)27-19)21-18-23-12-7-8-26-15(12)16(24-18)20-10-3-4-10/h5-10H,3-4H2,1-2H3,(H,22,25)(H2,20,21,23,24). The van der Waals surface area contributed by atoms with Gasteiger partial charge in [0.2, 0.25) is 11.9 Å². The fourth-order valence-electron chi connectivity index (χ4n) is 2.96. The first-order chi connectivity index (χ1) is 13.0. The van der Waals surface area contributed by atoms with Gasteiger partial charge < -0.3 is 20.4 Å². The number of furan rings is 1. The van der Waals surface area contributed by atoms with E-state index in [9.17, 15) is 4.79 Å². The number of hydrogen-bond acceptors (Lipinski definition) is 7. The molecule has 0 saturated heterocycles. The number of aromatic nitrogens is 2. The quantitative estimate of drug-likeness (QED) is 0.618. The molecule has 0 atom stereocenters. The summed E-state index contributed by atoms with van der Waals surface area (Å²) in [4.78, 5) is 22.4. The molecule has 2 aromatic heterocycles. The number of fused-ring (bicyclic) bond motifs is 2. The Balaban J connectivity index is 1.45. The predicted molar refractivity (Wildman–Crippen MR) is 107 cm³/mol. The summed E-state index contributed by atoms with van der Waals surface area (Å²) < 4.78 is 5.05. The van der Waals surface area contributed by atoms with Gasteiger partial charge in [-0.15, -0.1) is 11.8 Å². The van der Waals surface area contributed by atoms with Crippen LogP contribution in [0.5, 0.6) is 0 Å². The molecule has 2 aliphatic rings. The van der Waals surface area contributed by atoms with Gasteiger partial charge in [0.05, 0.1) is 16.7 Å². The molecule has 0 unspecified atom stereocenters. The lowest BCUT2D eigenvalue weighted by molar-refractivity contribution is -0.117. The Morgan fingerprint density at radius 1 is 1.26 bits per heavy atom. The molecule has 7 nitrogen and oxygen atoms in total. The maximum absolute atomic E-state index is 12.2. The third-order valence-electron chi connectivity index (χ3n) is 4.62. The van der Waals surface area contributed by atoms with Gasteiger partial charge >= 0.3 is 0 Å². The second-order valence-corrected chi connectivity index (χ2v) is 9.02. The van der Waals surface area contributed by atoms with Gasteiger partial charge in [0.25, 0.3) is 0 Å². The second-order valence-electron chi connectivity index (χ2n) is 7.35. The van der Waals surface area contributed by atoms with Crippen molar-refractivity contribution in [3.63, 3.8) is 0 Å². The Hall–Kier alpha value is -2.74. The number of nitrogens with one attached hydrogen (secondary N) is 3. The van der Waals surface area contributed by atoms with Gasteiger partial charge in [0.15, 0.2) is 11.4 Å². The molecule has 1 aromatic carbocycles. The van der Waals surface area contributed by atoms with Crippen LogP contribution in [0.1, 0.15) is 26.7 Å². The van der Waals surface area contributed by atoms with E-state index in [-0.39, 0.29) is 5.91 Å². The molecule has 3 N–H and O–H groups in total. The molecule has 1 saturated carbocycles. The summed E-state index contributed by atoms with van der Waals surface area (Å²) in [6, 6.07) is 8.17. The van der Waals surface area contributed by atoms with E-state index in [2.05, 4.69) is 25.9 Å². The normalized spacial score (nSPS) is 18.1. The van der Waals surface area contributed by atoms with Crippen molar-refractivity contribution in [1.82, 2.24) is 9.97 Å². The number of benzene rings is 1. The summed E-state index contributed by atoms with van der Waals surface area (Å²) in [5.74, 6) is 1.20. The Morgan fingerprint density at radius 3 is 2.93 bits per heavy atom. The molecule has 27 heavy (non-hydrogen) atoms. The van der Waals surface area contributed by atoms with Crippen molar-refractivity contribution in [2.45, 2.75) is 42.4 Å². The third kappa shape index (κ3) is 3.10. The molecular formula is C19H19N5O2S. The molecule has 5 rings (SSSR count). The van der Waals surface area contributed by atoms with Crippen molar-refractivity contribution < 1.29 is 9.21 Å². The van der Waals surface area contributed by atoms with Gasteiger partial charge in [-0.3, -0.25) is 4.79 Å². The Bertz CT molecular complexity index is 1060. The van der Waals surface area contributed by atoms with Crippen molar-refractivity contribution in [3.05, 3.63) is 30.5 Å². The van der Waals surface area contributed by atoms with E-state index in [1.165, 1.54) is 0 Å². The lowest BCUT2D eigenvalue weighted by atomic mass is 10.1. The number of anilines is 4. The van der Waals surface area contributed by atoms with Crippen LogP contribution in [-0.2, 0) is 4.79 Å². The van der Waals surface area contributed by atoms with E-state index in [0.29, 0.717) is 23.4 Å². The molecular weight excluding hydrogens is 362 g/mol. The highest BCUT2D eigenvalue weighted by Crippen LogP contribution is 2.43. The first kappa shape index (κ1) is 16.4. The van der Waals surface area contributed by atoms with E-state index in [1.807, 2.05) is 38.1 Å². The van der Waals surface area contributed by atoms with Gasteiger partial charge in [-0.25, -0.2) is 4.98 Å². The highest BCUT2D eigenvalue weighted by Gasteiger charge is 2.34. The molecule has 0 bridgehead atoms. The summed E-state index contributed by atoms with van der Waals surface area (Å²) in [6.07, 6.45) is 3.91. The number of thioether (sulfide) groups is 1. The molecule has 1 aliphatic carbocycles. The van der Waals surface area contributed by atoms with Crippen LogP contribution >= 0.6 is 11.8 Å². The molecule has 1 aliphatic heterocycles.